The predicted octanol–water partition coefficient (Wildman–Crippen LogP) is 3.33. The molecule has 0 bridgehead atoms. The summed E-state index contributed by atoms with van der Waals surface area (Å²) < 4.78 is 10.6. The van der Waals surface area contributed by atoms with E-state index in [4.69, 9.17) is 9.47 Å². The van der Waals surface area contributed by atoms with E-state index >= 15 is 0 Å². The van der Waals surface area contributed by atoms with Crippen LogP contribution < -0.4 is 20.1 Å². The molecule has 0 atom stereocenters. The molecule has 0 saturated carbocycles. The van der Waals surface area contributed by atoms with Crippen LogP contribution in [0.3, 0.4) is 0 Å². The van der Waals surface area contributed by atoms with Gasteiger partial charge >= 0.3 is 0 Å². The second-order valence-corrected chi connectivity index (χ2v) is 6.94. The van der Waals surface area contributed by atoms with Gasteiger partial charge in [0.15, 0.2) is 11.5 Å². The highest BCUT2D eigenvalue weighted by atomic mass is 32.1. The van der Waals surface area contributed by atoms with Crippen molar-refractivity contribution in [2.45, 2.75) is 13.3 Å². The fourth-order valence-electron chi connectivity index (χ4n) is 2.63. The molecule has 4 rings (SSSR count). The molecule has 28 heavy (non-hydrogen) atoms. The number of benzene rings is 2. The van der Waals surface area contributed by atoms with E-state index in [1.54, 1.807) is 42.5 Å². The molecule has 8 nitrogen and oxygen atoms in total. The lowest BCUT2D eigenvalue weighted by atomic mass is 10.1. The molecule has 0 saturated heterocycles. The maximum absolute atomic E-state index is 12.6. The number of hydrogen-bond acceptors (Lipinski definition) is 7. The fraction of sp³-hybridized carbons (Fsp3) is 0.158. The van der Waals surface area contributed by atoms with Gasteiger partial charge in [-0.1, -0.05) is 30.4 Å². The van der Waals surface area contributed by atoms with Gasteiger partial charge in [0.1, 0.15) is 5.01 Å². The highest BCUT2D eigenvalue weighted by molar-refractivity contribution is 7.15. The summed E-state index contributed by atoms with van der Waals surface area (Å²) >= 11 is 1.32. The third-order valence-corrected chi connectivity index (χ3v) is 5.03. The summed E-state index contributed by atoms with van der Waals surface area (Å²) in [5.74, 6) is 0.379. The third-order valence-electron chi connectivity index (χ3n) is 4.04. The van der Waals surface area contributed by atoms with E-state index in [-0.39, 0.29) is 18.6 Å². The van der Waals surface area contributed by atoms with Crippen LogP contribution in [0.25, 0.3) is 0 Å². The van der Waals surface area contributed by atoms with Crippen molar-refractivity contribution in [3.63, 3.8) is 0 Å². The van der Waals surface area contributed by atoms with Crippen molar-refractivity contribution in [2.24, 2.45) is 0 Å². The van der Waals surface area contributed by atoms with E-state index in [1.165, 1.54) is 11.3 Å². The van der Waals surface area contributed by atoms with Gasteiger partial charge in [-0.15, -0.1) is 10.2 Å². The van der Waals surface area contributed by atoms with E-state index < -0.39 is 0 Å². The van der Waals surface area contributed by atoms with Gasteiger partial charge in [0.2, 0.25) is 11.9 Å². The summed E-state index contributed by atoms with van der Waals surface area (Å²) in [6.45, 7) is 2.10. The fourth-order valence-corrected chi connectivity index (χ4v) is 3.31. The highest BCUT2D eigenvalue weighted by Gasteiger charge is 2.19. The van der Waals surface area contributed by atoms with Gasteiger partial charge in [-0.3, -0.25) is 14.9 Å². The first kappa shape index (κ1) is 17.9. The first-order chi connectivity index (χ1) is 13.6. The highest BCUT2D eigenvalue weighted by Crippen LogP contribution is 2.32. The van der Waals surface area contributed by atoms with Crippen molar-refractivity contribution < 1.29 is 19.1 Å². The number of aromatic nitrogens is 2. The van der Waals surface area contributed by atoms with Gasteiger partial charge in [0, 0.05) is 5.56 Å². The Morgan fingerprint density at radius 2 is 1.86 bits per heavy atom. The van der Waals surface area contributed by atoms with E-state index in [2.05, 4.69) is 20.8 Å². The first-order valence-electron chi connectivity index (χ1n) is 8.58. The maximum atomic E-state index is 12.6. The molecule has 9 heteroatoms. The molecule has 2 amide bonds. The number of rotatable bonds is 5. The smallest absolute Gasteiger partial charge is 0.259 e. The Labute approximate surface area is 164 Å². The van der Waals surface area contributed by atoms with Crippen LogP contribution in [0.2, 0.25) is 0 Å². The number of aryl methyl sites for hydroxylation is 1. The standard InChI is InChI=1S/C19H16N4O4S/c1-2-16-22-23-19(28-16)21-18(25)12-5-3-4-6-13(12)20-17(24)11-7-8-14-15(9-11)27-10-26-14/h3-9H,2,10H2,1H3,(H,20,24)(H,21,23,25). The molecule has 0 radical (unpaired) electrons. The monoisotopic (exact) mass is 396 g/mol. The van der Waals surface area contributed by atoms with Gasteiger partial charge < -0.3 is 14.8 Å². The second kappa shape index (κ2) is 7.65. The molecule has 2 N–H and O–H groups in total. The van der Waals surface area contributed by atoms with Gasteiger partial charge in [-0.25, -0.2) is 0 Å². The van der Waals surface area contributed by atoms with Crippen LogP contribution in [0, 0.1) is 0 Å². The second-order valence-electron chi connectivity index (χ2n) is 5.88. The molecule has 0 spiro atoms. The lowest BCUT2D eigenvalue weighted by Gasteiger charge is -2.10. The maximum Gasteiger partial charge on any atom is 0.259 e. The number of hydrogen-bond donors (Lipinski definition) is 2. The summed E-state index contributed by atoms with van der Waals surface area (Å²) in [4.78, 5) is 25.3. The first-order valence-corrected chi connectivity index (χ1v) is 9.39. The molecule has 1 aliphatic heterocycles. The number of ether oxygens (including phenoxy) is 2. The summed E-state index contributed by atoms with van der Waals surface area (Å²) in [6, 6.07) is 11.7. The largest absolute Gasteiger partial charge is 0.454 e. The Balaban J connectivity index is 1.52. The Bertz CT molecular complexity index is 1050. The SMILES string of the molecule is CCc1nnc(NC(=O)c2ccccc2NC(=O)c2ccc3c(c2)OCO3)s1. The number of carbonyl (C=O) groups is 2. The third kappa shape index (κ3) is 3.65. The van der Waals surface area contributed by atoms with E-state index in [1.807, 2.05) is 6.92 Å². The van der Waals surface area contributed by atoms with Crippen molar-refractivity contribution >= 4 is 34.0 Å². The van der Waals surface area contributed by atoms with Crippen molar-refractivity contribution in [1.82, 2.24) is 10.2 Å². The van der Waals surface area contributed by atoms with Gasteiger partial charge in [-0.2, -0.15) is 0 Å². The Morgan fingerprint density at radius 3 is 2.68 bits per heavy atom. The summed E-state index contributed by atoms with van der Waals surface area (Å²) in [5, 5.41) is 14.7. The number of anilines is 2. The number of fused-ring (bicyclic) bond motifs is 1. The van der Waals surface area contributed by atoms with Crippen LogP contribution in [0.4, 0.5) is 10.8 Å². The van der Waals surface area contributed by atoms with Crippen molar-refractivity contribution in [3.05, 3.63) is 58.6 Å². The molecular formula is C19H16N4O4S. The van der Waals surface area contributed by atoms with Crippen molar-refractivity contribution in [2.75, 3.05) is 17.4 Å². The minimum atomic E-state index is -0.375. The molecule has 3 aromatic rings. The van der Waals surface area contributed by atoms with Gasteiger partial charge in [0.05, 0.1) is 11.3 Å². The van der Waals surface area contributed by atoms with E-state index in [9.17, 15) is 9.59 Å². The van der Waals surface area contributed by atoms with Crippen LogP contribution >= 0.6 is 11.3 Å². The average Bonchev–Trinajstić information content (AvgIpc) is 3.36. The zero-order valence-electron chi connectivity index (χ0n) is 14.9. The summed E-state index contributed by atoms with van der Waals surface area (Å²) in [6.07, 6.45) is 0.746. The Kier molecular flexibility index (Phi) is 4.90. The molecule has 0 fully saturated rings. The lowest BCUT2D eigenvalue weighted by Crippen LogP contribution is -2.18. The van der Waals surface area contributed by atoms with Crippen LogP contribution in [0.15, 0.2) is 42.5 Å². The average molecular weight is 396 g/mol. The Hall–Kier alpha value is -3.46. The predicted molar refractivity (Wildman–Crippen MR) is 104 cm³/mol. The van der Waals surface area contributed by atoms with Crippen LogP contribution in [0.5, 0.6) is 11.5 Å². The summed E-state index contributed by atoms with van der Waals surface area (Å²) in [5.41, 5.74) is 1.11. The molecule has 0 aliphatic carbocycles. The normalized spacial score (nSPS) is 11.9. The number of carbonyl (C=O) groups excluding carboxylic acids is 2. The van der Waals surface area contributed by atoms with Crippen molar-refractivity contribution in [1.29, 1.82) is 0 Å². The minimum Gasteiger partial charge on any atom is -0.454 e. The molecular weight excluding hydrogens is 380 g/mol. The number of amides is 2. The van der Waals surface area contributed by atoms with E-state index in [0.29, 0.717) is 33.4 Å². The molecule has 1 aliphatic rings. The van der Waals surface area contributed by atoms with Crippen LogP contribution in [-0.4, -0.2) is 28.8 Å². The molecule has 2 heterocycles. The molecule has 0 unspecified atom stereocenters. The number of nitrogens with one attached hydrogen (secondary N) is 2. The molecule has 1 aromatic heterocycles. The van der Waals surface area contributed by atoms with E-state index in [0.717, 1.165) is 11.4 Å². The Morgan fingerprint density at radius 1 is 1.04 bits per heavy atom. The quantitative estimate of drug-likeness (QED) is 0.686. The zero-order valence-corrected chi connectivity index (χ0v) is 15.7. The van der Waals surface area contributed by atoms with Crippen LogP contribution in [0.1, 0.15) is 32.6 Å². The minimum absolute atomic E-state index is 0.134. The topological polar surface area (TPSA) is 102 Å². The zero-order chi connectivity index (χ0) is 19.5. The molecule has 2 aromatic carbocycles. The van der Waals surface area contributed by atoms with Crippen LogP contribution in [-0.2, 0) is 6.42 Å². The molecule has 142 valence electrons. The van der Waals surface area contributed by atoms with Crippen molar-refractivity contribution in [3.8, 4) is 11.5 Å². The summed E-state index contributed by atoms with van der Waals surface area (Å²) in [7, 11) is 0. The van der Waals surface area contributed by atoms with Gasteiger partial charge in [-0.05, 0) is 36.8 Å². The number of nitrogens with zero attached hydrogens (tertiary/aromatic N) is 2. The van der Waals surface area contributed by atoms with Gasteiger partial charge in [0.25, 0.3) is 11.8 Å². The number of para-hydroxylation sites is 1. The lowest BCUT2D eigenvalue weighted by molar-refractivity contribution is 0.102.